The van der Waals surface area contributed by atoms with Gasteiger partial charge in [0.1, 0.15) is 5.82 Å². The smallest absolute Gasteiger partial charge is 0.337 e. The fraction of sp³-hybridized carbons (Fsp3) is 0.0714. The van der Waals surface area contributed by atoms with Gasteiger partial charge < -0.3 is 10.4 Å². The van der Waals surface area contributed by atoms with E-state index in [9.17, 15) is 9.18 Å². The zero-order valence-electron chi connectivity index (χ0n) is 9.77. The topological polar surface area (TPSA) is 49.3 Å². The van der Waals surface area contributed by atoms with Crippen LogP contribution in [-0.2, 0) is 0 Å². The van der Waals surface area contributed by atoms with Crippen molar-refractivity contribution in [3.63, 3.8) is 0 Å². The van der Waals surface area contributed by atoms with Gasteiger partial charge in [0, 0.05) is 0 Å². The summed E-state index contributed by atoms with van der Waals surface area (Å²) in [5, 5.41) is 11.9. The molecule has 0 unspecified atom stereocenters. The molecule has 0 saturated heterocycles. The van der Waals surface area contributed by atoms with Gasteiger partial charge >= 0.3 is 5.97 Å². The van der Waals surface area contributed by atoms with Crippen molar-refractivity contribution in [3.8, 4) is 0 Å². The second-order valence-electron chi connectivity index (χ2n) is 3.91. The number of aryl methyl sites for hydroxylation is 1. The molecule has 0 bridgehead atoms. The van der Waals surface area contributed by atoms with Crippen LogP contribution in [-0.4, -0.2) is 11.1 Å². The van der Waals surface area contributed by atoms with Crippen molar-refractivity contribution in [3.05, 3.63) is 59.4 Å². The van der Waals surface area contributed by atoms with Crippen LogP contribution in [0.3, 0.4) is 0 Å². The number of hydrogen-bond acceptors (Lipinski definition) is 2. The van der Waals surface area contributed by atoms with Crippen LogP contribution < -0.4 is 5.32 Å². The Morgan fingerprint density at radius 1 is 1.17 bits per heavy atom. The molecule has 0 amide bonds. The number of carboxylic acid groups (broad SMARTS) is 1. The Bertz CT molecular complexity index is 576. The molecule has 0 saturated carbocycles. The van der Waals surface area contributed by atoms with Gasteiger partial charge in [0.15, 0.2) is 0 Å². The van der Waals surface area contributed by atoms with Crippen LogP contribution in [0.25, 0.3) is 0 Å². The van der Waals surface area contributed by atoms with Crippen molar-refractivity contribution in [1.82, 2.24) is 0 Å². The van der Waals surface area contributed by atoms with Gasteiger partial charge in [-0.25, -0.2) is 9.18 Å². The number of carbonyl (C=O) groups is 1. The normalized spacial score (nSPS) is 10.1. The van der Waals surface area contributed by atoms with Gasteiger partial charge in [-0.15, -0.1) is 0 Å². The van der Waals surface area contributed by atoms with E-state index in [1.165, 1.54) is 12.1 Å². The molecule has 4 heteroatoms. The molecule has 2 N–H and O–H groups in total. The molecule has 3 nitrogen and oxygen atoms in total. The van der Waals surface area contributed by atoms with Crippen molar-refractivity contribution < 1.29 is 14.3 Å². The summed E-state index contributed by atoms with van der Waals surface area (Å²) >= 11 is 0. The van der Waals surface area contributed by atoms with Crippen LogP contribution in [0, 0.1) is 12.7 Å². The van der Waals surface area contributed by atoms with Crippen LogP contribution >= 0.6 is 0 Å². The quantitative estimate of drug-likeness (QED) is 0.869. The summed E-state index contributed by atoms with van der Waals surface area (Å²) in [5.41, 5.74) is 1.50. The molecule has 0 aliphatic carbocycles. The Labute approximate surface area is 104 Å². The summed E-state index contributed by atoms with van der Waals surface area (Å²) in [7, 11) is 0. The third-order valence-electron chi connectivity index (χ3n) is 2.64. The fourth-order valence-corrected chi connectivity index (χ4v) is 1.70. The molecule has 0 heterocycles. The van der Waals surface area contributed by atoms with E-state index >= 15 is 0 Å². The highest BCUT2D eigenvalue weighted by Gasteiger charge is 2.11. The molecule has 0 atom stereocenters. The van der Waals surface area contributed by atoms with E-state index in [-0.39, 0.29) is 5.56 Å². The van der Waals surface area contributed by atoms with E-state index in [1.54, 1.807) is 37.3 Å². The van der Waals surface area contributed by atoms with Crippen LogP contribution in [0.1, 0.15) is 15.9 Å². The van der Waals surface area contributed by atoms with E-state index in [4.69, 9.17) is 5.11 Å². The molecule has 0 aromatic heterocycles. The van der Waals surface area contributed by atoms with E-state index in [2.05, 4.69) is 5.32 Å². The monoisotopic (exact) mass is 245 g/mol. The highest BCUT2D eigenvalue weighted by molar-refractivity contribution is 5.95. The lowest BCUT2D eigenvalue weighted by Crippen LogP contribution is -2.04. The van der Waals surface area contributed by atoms with Gasteiger partial charge in [0.25, 0.3) is 0 Å². The Morgan fingerprint density at radius 3 is 2.56 bits per heavy atom. The highest BCUT2D eigenvalue weighted by Crippen LogP contribution is 2.25. The summed E-state index contributed by atoms with van der Waals surface area (Å²) < 4.78 is 13.7. The summed E-state index contributed by atoms with van der Waals surface area (Å²) in [5.74, 6) is -1.46. The van der Waals surface area contributed by atoms with Crippen LogP contribution in [0.2, 0.25) is 0 Å². The van der Waals surface area contributed by atoms with E-state index in [1.807, 2.05) is 0 Å². The Morgan fingerprint density at radius 2 is 1.89 bits per heavy atom. The maximum absolute atomic E-state index is 13.7. The number of para-hydroxylation sites is 2. The first-order valence-electron chi connectivity index (χ1n) is 5.44. The minimum Gasteiger partial charge on any atom is -0.478 e. The molecular formula is C14H12FNO2. The second-order valence-corrected chi connectivity index (χ2v) is 3.91. The Kier molecular flexibility index (Phi) is 3.28. The first kappa shape index (κ1) is 12.1. The van der Waals surface area contributed by atoms with Gasteiger partial charge in [-0.1, -0.05) is 24.3 Å². The van der Waals surface area contributed by atoms with Gasteiger partial charge in [0.2, 0.25) is 0 Å². The number of benzene rings is 2. The fourth-order valence-electron chi connectivity index (χ4n) is 1.70. The lowest BCUT2D eigenvalue weighted by molar-refractivity contribution is 0.0698. The Balaban J connectivity index is 2.43. The molecule has 0 aliphatic heterocycles. The summed E-state index contributed by atoms with van der Waals surface area (Å²) in [6, 6.07) is 11.1. The molecule has 2 aromatic carbocycles. The predicted octanol–water partition coefficient (Wildman–Crippen LogP) is 3.58. The van der Waals surface area contributed by atoms with Crippen LogP contribution in [0.15, 0.2) is 42.5 Å². The van der Waals surface area contributed by atoms with E-state index < -0.39 is 11.8 Å². The van der Waals surface area contributed by atoms with Crippen molar-refractivity contribution in [2.45, 2.75) is 6.92 Å². The number of aromatic carboxylic acids is 1. The van der Waals surface area contributed by atoms with Gasteiger partial charge in [-0.2, -0.15) is 0 Å². The molecular weight excluding hydrogens is 233 g/mol. The second kappa shape index (κ2) is 4.87. The first-order valence-corrected chi connectivity index (χ1v) is 5.44. The number of rotatable bonds is 3. The average molecular weight is 245 g/mol. The van der Waals surface area contributed by atoms with E-state index in [0.717, 1.165) is 5.56 Å². The van der Waals surface area contributed by atoms with Crippen LogP contribution in [0.4, 0.5) is 15.8 Å². The summed E-state index contributed by atoms with van der Waals surface area (Å²) in [6.07, 6.45) is 0. The summed E-state index contributed by atoms with van der Waals surface area (Å²) in [6.45, 7) is 1.76. The van der Waals surface area contributed by atoms with Crippen molar-refractivity contribution in [2.75, 3.05) is 5.32 Å². The SMILES string of the molecule is Cc1cccc(F)c1Nc1ccccc1C(=O)O. The lowest BCUT2D eigenvalue weighted by Gasteiger charge is -2.12. The molecule has 92 valence electrons. The van der Waals surface area contributed by atoms with Gasteiger partial charge in [-0.05, 0) is 30.7 Å². The number of halogens is 1. The molecule has 0 spiro atoms. The molecule has 0 aliphatic rings. The Hall–Kier alpha value is -2.36. The molecule has 2 rings (SSSR count). The third-order valence-corrected chi connectivity index (χ3v) is 2.64. The maximum Gasteiger partial charge on any atom is 0.337 e. The maximum atomic E-state index is 13.7. The van der Waals surface area contributed by atoms with Crippen LogP contribution in [0.5, 0.6) is 0 Å². The largest absolute Gasteiger partial charge is 0.478 e. The molecule has 2 aromatic rings. The number of anilines is 2. The lowest BCUT2D eigenvalue weighted by atomic mass is 10.1. The van der Waals surface area contributed by atoms with Gasteiger partial charge in [-0.3, -0.25) is 0 Å². The minimum atomic E-state index is -1.05. The molecule has 0 fully saturated rings. The highest BCUT2D eigenvalue weighted by atomic mass is 19.1. The van der Waals surface area contributed by atoms with Crippen molar-refractivity contribution in [1.29, 1.82) is 0 Å². The van der Waals surface area contributed by atoms with Crippen molar-refractivity contribution >= 4 is 17.3 Å². The third kappa shape index (κ3) is 2.32. The molecule has 0 radical (unpaired) electrons. The summed E-state index contributed by atoms with van der Waals surface area (Å²) in [4.78, 5) is 11.0. The average Bonchev–Trinajstić information content (AvgIpc) is 2.34. The van der Waals surface area contributed by atoms with Gasteiger partial charge in [0.05, 0.1) is 16.9 Å². The predicted molar refractivity (Wildman–Crippen MR) is 67.8 cm³/mol. The number of carboxylic acids is 1. The zero-order chi connectivity index (χ0) is 13.1. The number of hydrogen-bond donors (Lipinski definition) is 2. The van der Waals surface area contributed by atoms with Crippen molar-refractivity contribution in [2.24, 2.45) is 0 Å². The number of nitrogens with one attached hydrogen (secondary N) is 1. The standard InChI is InChI=1S/C14H12FNO2/c1-9-5-4-7-11(15)13(9)16-12-8-3-2-6-10(12)14(17)18/h2-8,16H,1H3,(H,17,18). The molecule has 18 heavy (non-hydrogen) atoms. The zero-order valence-corrected chi connectivity index (χ0v) is 9.77. The minimum absolute atomic E-state index is 0.111. The first-order chi connectivity index (χ1) is 8.59. The van der Waals surface area contributed by atoms with E-state index in [0.29, 0.717) is 11.4 Å².